The Labute approximate surface area is 201 Å². The molecule has 0 radical (unpaired) electrons. The molecule has 32 heavy (non-hydrogen) atoms. The smallest absolute Gasteiger partial charge is 0.0953 e. The van der Waals surface area contributed by atoms with Crippen molar-refractivity contribution < 1.29 is 18.9 Å². The van der Waals surface area contributed by atoms with Gasteiger partial charge in [0.1, 0.15) is 0 Å². The minimum atomic E-state index is -1.27. The van der Waals surface area contributed by atoms with E-state index in [0.717, 1.165) is 45.1 Å². The summed E-state index contributed by atoms with van der Waals surface area (Å²) in [6.07, 6.45) is 0.551. The summed E-state index contributed by atoms with van der Waals surface area (Å²) in [4.78, 5) is -0.512. The second-order valence-corrected chi connectivity index (χ2v) is 15.0. The van der Waals surface area contributed by atoms with Crippen molar-refractivity contribution in [3.05, 3.63) is 0 Å². The molecule has 6 nitrogen and oxygen atoms in total. The average Bonchev–Trinajstić information content (AvgIpc) is 2.66. The first-order valence-corrected chi connectivity index (χ1v) is 14.4. The highest BCUT2D eigenvalue weighted by Crippen LogP contribution is 2.71. The molecule has 7 heteroatoms. The summed E-state index contributed by atoms with van der Waals surface area (Å²) < 4.78 is 24.3. The third kappa shape index (κ3) is 10.6. The van der Waals surface area contributed by atoms with Crippen LogP contribution in [0.4, 0.5) is 0 Å². The Bertz CT molecular complexity index is 437. The first-order chi connectivity index (χ1) is 14.8. The maximum absolute atomic E-state index is 6.56. The lowest BCUT2D eigenvalue weighted by molar-refractivity contribution is 0.0199. The van der Waals surface area contributed by atoms with Gasteiger partial charge in [-0.3, -0.25) is 0 Å². The van der Waals surface area contributed by atoms with Gasteiger partial charge in [-0.2, -0.15) is 10.0 Å². The van der Waals surface area contributed by atoms with E-state index in [1.807, 2.05) is 0 Å². The number of ether oxygens (including phenoxy) is 4. The molecule has 0 aliphatic carbocycles. The highest BCUT2D eigenvalue weighted by atomic mass is 32.3. The summed E-state index contributed by atoms with van der Waals surface area (Å²) in [5.41, 5.74) is 0. The molecular formula is C25H56N2O4S. The number of nitrogens with one attached hydrogen (secondary N) is 2. The SMILES string of the molecule is CCS(C(C)C)(C(C)(C)OCCNCCOC(C)C)C(C)(C)OCCNCCOC(C)C. The van der Waals surface area contributed by atoms with E-state index in [-0.39, 0.29) is 22.1 Å². The van der Waals surface area contributed by atoms with Crippen LogP contribution in [-0.4, -0.2) is 85.7 Å². The van der Waals surface area contributed by atoms with Gasteiger partial charge in [0.2, 0.25) is 0 Å². The van der Waals surface area contributed by atoms with Gasteiger partial charge in [0, 0.05) is 26.2 Å². The zero-order valence-corrected chi connectivity index (χ0v) is 24.0. The molecule has 0 aromatic carbocycles. The summed E-state index contributed by atoms with van der Waals surface area (Å²) in [7, 11) is -1.27. The first-order valence-electron chi connectivity index (χ1n) is 12.6. The van der Waals surface area contributed by atoms with E-state index >= 15 is 0 Å². The monoisotopic (exact) mass is 480 g/mol. The van der Waals surface area contributed by atoms with Crippen LogP contribution in [0.5, 0.6) is 0 Å². The highest BCUT2D eigenvalue weighted by Gasteiger charge is 2.52. The van der Waals surface area contributed by atoms with Crippen molar-refractivity contribution in [1.29, 1.82) is 0 Å². The maximum Gasteiger partial charge on any atom is 0.0953 e. The molecule has 0 heterocycles. The van der Waals surface area contributed by atoms with Gasteiger partial charge in [-0.05, 0) is 66.4 Å². The molecule has 0 aliphatic heterocycles. The van der Waals surface area contributed by atoms with E-state index < -0.39 is 10.0 Å². The van der Waals surface area contributed by atoms with Gasteiger partial charge in [0.25, 0.3) is 0 Å². The normalized spacial score (nSPS) is 14.2. The van der Waals surface area contributed by atoms with Crippen LogP contribution in [-0.2, 0) is 18.9 Å². The number of hydrogen-bond acceptors (Lipinski definition) is 6. The first kappa shape index (κ1) is 32.1. The van der Waals surface area contributed by atoms with Crippen molar-refractivity contribution in [2.24, 2.45) is 0 Å². The molecule has 0 spiro atoms. The summed E-state index contributed by atoms with van der Waals surface area (Å²) in [6.45, 7) is 30.4. The number of hydrogen-bond donors (Lipinski definition) is 2. The second-order valence-electron chi connectivity index (χ2n) is 9.97. The van der Waals surface area contributed by atoms with Crippen molar-refractivity contribution in [2.45, 2.75) is 103 Å². The molecule has 0 amide bonds. The molecule has 0 aromatic heterocycles. The van der Waals surface area contributed by atoms with E-state index in [1.165, 1.54) is 0 Å². The largest absolute Gasteiger partial charge is 0.377 e. The molecule has 0 unspecified atom stereocenters. The highest BCUT2D eigenvalue weighted by molar-refractivity contribution is 8.35. The minimum absolute atomic E-state index is 0.256. The molecule has 196 valence electrons. The Morgan fingerprint density at radius 1 is 0.625 bits per heavy atom. The topological polar surface area (TPSA) is 61.0 Å². The lowest BCUT2D eigenvalue weighted by Crippen LogP contribution is -2.51. The summed E-state index contributed by atoms with van der Waals surface area (Å²) in [5.74, 6) is 1.07. The number of rotatable bonds is 20. The van der Waals surface area contributed by atoms with Crippen molar-refractivity contribution in [1.82, 2.24) is 10.6 Å². The van der Waals surface area contributed by atoms with Gasteiger partial charge < -0.3 is 29.6 Å². The minimum Gasteiger partial charge on any atom is -0.377 e. The Hall–Kier alpha value is 0.110. The summed E-state index contributed by atoms with van der Waals surface area (Å²) in [6, 6.07) is 0. The Morgan fingerprint density at radius 2 is 0.969 bits per heavy atom. The van der Waals surface area contributed by atoms with Gasteiger partial charge in [-0.15, -0.1) is 0 Å². The fraction of sp³-hybridized carbons (Fsp3) is 1.00. The van der Waals surface area contributed by atoms with Gasteiger partial charge in [0.15, 0.2) is 0 Å². The Morgan fingerprint density at radius 3 is 1.25 bits per heavy atom. The molecule has 2 N–H and O–H groups in total. The molecule has 0 aliphatic rings. The van der Waals surface area contributed by atoms with E-state index in [2.05, 4.69) is 86.8 Å². The Balaban J connectivity index is 4.81. The molecule has 0 bridgehead atoms. The standard InChI is InChI=1S/C25H56N2O4S/c1-12-32(23(6)7,24(8,9)30-19-15-26-13-17-28-21(2)3)25(10,11)31-20-16-27-14-18-29-22(4)5/h21-23,26-27H,12-20H2,1-11H3. The third-order valence-electron chi connectivity index (χ3n) is 5.93. The zero-order valence-electron chi connectivity index (χ0n) is 23.1. The predicted octanol–water partition coefficient (Wildman–Crippen LogP) is 4.75. The fourth-order valence-corrected chi connectivity index (χ4v) is 10.8. The second kappa shape index (κ2) is 15.9. The van der Waals surface area contributed by atoms with Crippen LogP contribution in [0.2, 0.25) is 0 Å². The lowest BCUT2D eigenvalue weighted by atomic mass is 10.4. The van der Waals surface area contributed by atoms with Gasteiger partial charge in [0.05, 0.1) is 48.5 Å². The quantitative estimate of drug-likeness (QED) is 0.245. The van der Waals surface area contributed by atoms with Crippen LogP contribution < -0.4 is 10.6 Å². The third-order valence-corrected chi connectivity index (χ3v) is 12.2. The van der Waals surface area contributed by atoms with Crippen molar-refractivity contribution in [2.75, 3.05) is 58.4 Å². The summed E-state index contributed by atoms with van der Waals surface area (Å²) >= 11 is 0. The van der Waals surface area contributed by atoms with Gasteiger partial charge in [-0.1, -0.05) is 20.8 Å². The Kier molecular flexibility index (Phi) is 16.0. The molecule has 0 aromatic rings. The molecule has 0 atom stereocenters. The predicted molar refractivity (Wildman–Crippen MR) is 141 cm³/mol. The van der Waals surface area contributed by atoms with Crippen molar-refractivity contribution in [3.8, 4) is 0 Å². The van der Waals surface area contributed by atoms with E-state index in [0.29, 0.717) is 18.5 Å². The average molecular weight is 481 g/mol. The van der Waals surface area contributed by atoms with Crippen LogP contribution in [0.25, 0.3) is 0 Å². The van der Waals surface area contributed by atoms with Crippen LogP contribution in [0, 0.1) is 0 Å². The molecule has 0 rings (SSSR count). The van der Waals surface area contributed by atoms with Gasteiger partial charge >= 0.3 is 0 Å². The van der Waals surface area contributed by atoms with Crippen LogP contribution >= 0.6 is 10.0 Å². The van der Waals surface area contributed by atoms with Crippen molar-refractivity contribution in [3.63, 3.8) is 0 Å². The van der Waals surface area contributed by atoms with Crippen LogP contribution in [0.3, 0.4) is 0 Å². The lowest BCUT2D eigenvalue weighted by Gasteiger charge is -2.62. The van der Waals surface area contributed by atoms with Crippen molar-refractivity contribution >= 4 is 10.0 Å². The van der Waals surface area contributed by atoms with Gasteiger partial charge in [-0.25, -0.2) is 0 Å². The fourth-order valence-electron chi connectivity index (χ4n) is 4.69. The molecule has 0 fully saturated rings. The van der Waals surface area contributed by atoms with E-state index in [9.17, 15) is 0 Å². The van der Waals surface area contributed by atoms with E-state index in [1.54, 1.807) is 0 Å². The summed E-state index contributed by atoms with van der Waals surface area (Å²) in [5, 5.41) is 7.34. The van der Waals surface area contributed by atoms with E-state index in [4.69, 9.17) is 18.9 Å². The zero-order chi connectivity index (χ0) is 24.8. The van der Waals surface area contributed by atoms with Crippen LogP contribution in [0.15, 0.2) is 0 Å². The molecular weight excluding hydrogens is 424 g/mol. The molecule has 0 saturated carbocycles. The maximum atomic E-state index is 6.56. The van der Waals surface area contributed by atoms with Crippen LogP contribution in [0.1, 0.15) is 76.2 Å². The molecule has 0 saturated heterocycles.